The fraction of sp³-hybridized carbons (Fsp3) is 0.500. The molecule has 21 heavy (non-hydrogen) atoms. The molecule has 0 unspecified atom stereocenters. The maximum absolute atomic E-state index is 12.7. The Hall–Kier alpha value is -0.920. The second kappa shape index (κ2) is 6.46. The lowest BCUT2D eigenvalue weighted by Gasteiger charge is -2.30. The minimum Gasteiger partial charge on any atom is -0.478 e. The summed E-state index contributed by atoms with van der Waals surface area (Å²) in [6.45, 7) is 0. The SMILES string of the molecule is CN(C1CCCCC1)S(=O)(=O)c1cc(C(=O)O)ccc1Br. The first-order valence-electron chi connectivity index (χ1n) is 6.85. The number of hydrogen-bond acceptors (Lipinski definition) is 3. The lowest BCUT2D eigenvalue weighted by Crippen LogP contribution is -2.38. The third kappa shape index (κ3) is 3.46. The number of benzene rings is 1. The normalized spacial score (nSPS) is 17.1. The van der Waals surface area contributed by atoms with Crippen LogP contribution in [0.25, 0.3) is 0 Å². The minimum atomic E-state index is -3.70. The maximum Gasteiger partial charge on any atom is 0.335 e. The van der Waals surface area contributed by atoms with Gasteiger partial charge in [-0.05, 0) is 47.0 Å². The molecule has 0 saturated heterocycles. The van der Waals surface area contributed by atoms with Crippen LogP contribution in [-0.2, 0) is 10.0 Å². The van der Waals surface area contributed by atoms with Gasteiger partial charge in [0.25, 0.3) is 0 Å². The zero-order valence-corrected chi connectivity index (χ0v) is 14.2. The van der Waals surface area contributed by atoms with Crippen LogP contribution in [0.2, 0.25) is 0 Å². The molecule has 2 rings (SSSR count). The predicted octanol–water partition coefficient (Wildman–Crippen LogP) is 3.10. The van der Waals surface area contributed by atoms with Crippen LogP contribution in [0, 0.1) is 0 Å². The van der Waals surface area contributed by atoms with Gasteiger partial charge < -0.3 is 5.11 Å². The molecule has 0 atom stereocenters. The standard InChI is InChI=1S/C14H18BrNO4S/c1-16(11-5-3-2-4-6-11)21(19,20)13-9-10(14(17)18)7-8-12(13)15/h7-9,11H,2-6H2,1H3,(H,17,18). The second-order valence-corrected chi connectivity index (χ2v) is 8.08. The average Bonchev–Trinajstić information content (AvgIpc) is 2.47. The first-order chi connectivity index (χ1) is 9.84. The summed E-state index contributed by atoms with van der Waals surface area (Å²) in [5.41, 5.74) is -0.0335. The molecule has 116 valence electrons. The van der Waals surface area contributed by atoms with Gasteiger partial charge in [-0.25, -0.2) is 13.2 Å². The number of carboxylic acids is 1. The first kappa shape index (κ1) is 16.5. The summed E-state index contributed by atoms with van der Waals surface area (Å²) >= 11 is 3.21. The summed E-state index contributed by atoms with van der Waals surface area (Å²) in [4.78, 5) is 11.0. The highest BCUT2D eigenvalue weighted by molar-refractivity contribution is 9.10. The molecule has 1 aliphatic rings. The Kier molecular flexibility index (Phi) is 5.06. The summed E-state index contributed by atoms with van der Waals surface area (Å²) in [5, 5.41) is 9.03. The zero-order valence-electron chi connectivity index (χ0n) is 11.8. The van der Waals surface area contributed by atoms with E-state index in [1.54, 1.807) is 7.05 Å². The van der Waals surface area contributed by atoms with E-state index in [2.05, 4.69) is 15.9 Å². The van der Waals surface area contributed by atoms with Crippen molar-refractivity contribution >= 4 is 31.9 Å². The number of rotatable bonds is 4. The Morgan fingerprint density at radius 2 is 1.90 bits per heavy atom. The van der Waals surface area contributed by atoms with Crippen LogP contribution in [0.1, 0.15) is 42.5 Å². The largest absolute Gasteiger partial charge is 0.478 e. The molecule has 1 aromatic carbocycles. The van der Waals surface area contributed by atoms with Crippen LogP contribution in [0.5, 0.6) is 0 Å². The van der Waals surface area contributed by atoms with Gasteiger partial charge in [0.15, 0.2) is 0 Å². The molecular formula is C14H18BrNO4S. The summed E-state index contributed by atoms with van der Waals surface area (Å²) in [5.74, 6) is -1.14. The van der Waals surface area contributed by atoms with E-state index in [0.717, 1.165) is 32.1 Å². The summed E-state index contributed by atoms with van der Waals surface area (Å²) in [6.07, 6.45) is 4.91. The van der Waals surface area contributed by atoms with Crippen molar-refractivity contribution in [3.8, 4) is 0 Å². The molecule has 0 spiro atoms. The molecule has 0 bridgehead atoms. The highest BCUT2D eigenvalue weighted by atomic mass is 79.9. The molecule has 1 fully saturated rings. The number of carboxylic acid groups (broad SMARTS) is 1. The van der Waals surface area contributed by atoms with Gasteiger partial charge >= 0.3 is 5.97 Å². The van der Waals surface area contributed by atoms with E-state index in [-0.39, 0.29) is 16.5 Å². The molecule has 0 aromatic heterocycles. The van der Waals surface area contributed by atoms with Crippen LogP contribution in [-0.4, -0.2) is 36.9 Å². The number of halogens is 1. The van der Waals surface area contributed by atoms with E-state index in [0.29, 0.717) is 4.47 Å². The Morgan fingerprint density at radius 1 is 1.29 bits per heavy atom. The summed E-state index contributed by atoms with van der Waals surface area (Å²) in [7, 11) is -2.13. The topological polar surface area (TPSA) is 74.7 Å². The summed E-state index contributed by atoms with van der Waals surface area (Å²) in [6, 6.07) is 4.04. The fourth-order valence-electron chi connectivity index (χ4n) is 2.63. The molecule has 1 aromatic rings. The van der Waals surface area contributed by atoms with E-state index in [1.165, 1.54) is 22.5 Å². The number of sulfonamides is 1. The van der Waals surface area contributed by atoms with Crippen molar-refractivity contribution in [3.63, 3.8) is 0 Å². The Labute approximate surface area is 133 Å². The Bertz CT molecular complexity index is 638. The van der Waals surface area contributed by atoms with E-state index >= 15 is 0 Å². The van der Waals surface area contributed by atoms with Crippen LogP contribution >= 0.6 is 15.9 Å². The van der Waals surface area contributed by atoms with Crippen molar-refractivity contribution in [1.82, 2.24) is 4.31 Å². The van der Waals surface area contributed by atoms with E-state index in [4.69, 9.17) is 5.11 Å². The lowest BCUT2D eigenvalue weighted by molar-refractivity contribution is 0.0696. The Balaban J connectivity index is 2.38. The second-order valence-electron chi connectivity index (χ2n) is 5.26. The average molecular weight is 376 g/mol. The van der Waals surface area contributed by atoms with Gasteiger partial charge in [-0.1, -0.05) is 19.3 Å². The summed E-state index contributed by atoms with van der Waals surface area (Å²) < 4.78 is 27.2. The van der Waals surface area contributed by atoms with Crippen molar-refractivity contribution in [2.75, 3.05) is 7.05 Å². The molecule has 7 heteroatoms. The van der Waals surface area contributed by atoms with Crippen molar-refractivity contribution in [3.05, 3.63) is 28.2 Å². The molecule has 0 aliphatic heterocycles. The number of hydrogen-bond donors (Lipinski definition) is 1. The van der Waals surface area contributed by atoms with Crippen molar-refractivity contribution in [2.24, 2.45) is 0 Å². The van der Waals surface area contributed by atoms with Gasteiger partial charge in [-0.3, -0.25) is 0 Å². The first-order valence-corrected chi connectivity index (χ1v) is 9.08. The molecule has 0 radical (unpaired) electrons. The smallest absolute Gasteiger partial charge is 0.335 e. The number of aromatic carboxylic acids is 1. The van der Waals surface area contributed by atoms with Crippen molar-refractivity contribution < 1.29 is 18.3 Å². The molecule has 0 heterocycles. The van der Waals surface area contributed by atoms with Gasteiger partial charge in [-0.15, -0.1) is 0 Å². The maximum atomic E-state index is 12.7. The molecular weight excluding hydrogens is 358 g/mol. The van der Waals surface area contributed by atoms with Crippen LogP contribution in [0.3, 0.4) is 0 Å². The minimum absolute atomic E-state index is 0.00970. The monoisotopic (exact) mass is 375 g/mol. The van der Waals surface area contributed by atoms with Crippen molar-refractivity contribution in [2.45, 2.75) is 43.0 Å². The lowest BCUT2D eigenvalue weighted by atomic mass is 9.96. The number of nitrogens with zero attached hydrogens (tertiary/aromatic N) is 1. The Morgan fingerprint density at radius 3 is 2.48 bits per heavy atom. The van der Waals surface area contributed by atoms with E-state index in [9.17, 15) is 13.2 Å². The fourth-order valence-corrected chi connectivity index (χ4v) is 4.99. The van der Waals surface area contributed by atoms with E-state index < -0.39 is 16.0 Å². The van der Waals surface area contributed by atoms with Crippen LogP contribution in [0.15, 0.2) is 27.6 Å². The quantitative estimate of drug-likeness (QED) is 0.876. The molecule has 0 amide bonds. The molecule has 1 aliphatic carbocycles. The van der Waals surface area contributed by atoms with Crippen molar-refractivity contribution in [1.29, 1.82) is 0 Å². The third-order valence-corrected chi connectivity index (χ3v) is 6.83. The highest BCUT2D eigenvalue weighted by Gasteiger charge is 2.30. The van der Waals surface area contributed by atoms with Gasteiger partial charge in [0.2, 0.25) is 10.0 Å². The molecule has 1 saturated carbocycles. The van der Waals surface area contributed by atoms with Gasteiger partial charge in [0.1, 0.15) is 0 Å². The third-order valence-electron chi connectivity index (χ3n) is 3.92. The molecule has 5 nitrogen and oxygen atoms in total. The van der Waals surface area contributed by atoms with Gasteiger partial charge in [0.05, 0.1) is 10.5 Å². The van der Waals surface area contributed by atoms with Crippen LogP contribution < -0.4 is 0 Å². The van der Waals surface area contributed by atoms with E-state index in [1.807, 2.05) is 0 Å². The van der Waals surface area contributed by atoms with Gasteiger partial charge in [0, 0.05) is 17.6 Å². The molecule has 1 N–H and O–H groups in total. The predicted molar refractivity (Wildman–Crippen MR) is 82.9 cm³/mol. The van der Waals surface area contributed by atoms with Crippen LogP contribution in [0.4, 0.5) is 0 Å². The zero-order chi connectivity index (χ0) is 15.6. The number of carbonyl (C=O) groups is 1. The van der Waals surface area contributed by atoms with Gasteiger partial charge in [-0.2, -0.15) is 4.31 Å². The highest BCUT2D eigenvalue weighted by Crippen LogP contribution is 2.30.